The maximum absolute atomic E-state index is 12.9. The molecule has 156 valence electrons. The summed E-state index contributed by atoms with van der Waals surface area (Å²) in [5.74, 6) is 0.518. The van der Waals surface area contributed by atoms with Crippen molar-refractivity contribution in [1.29, 1.82) is 0 Å². The minimum Gasteiger partial charge on any atom is -0.493 e. The van der Waals surface area contributed by atoms with Crippen molar-refractivity contribution in [2.45, 2.75) is 26.8 Å². The van der Waals surface area contributed by atoms with Gasteiger partial charge in [-0.05, 0) is 25.0 Å². The number of benzene rings is 2. The van der Waals surface area contributed by atoms with Crippen LogP contribution in [-0.2, 0) is 4.79 Å². The van der Waals surface area contributed by atoms with Crippen molar-refractivity contribution in [3.05, 3.63) is 47.5 Å². The molecule has 2 rings (SSSR count). The van der Waals surface area contributed by atoms with E-state index in [2.05, 4.69) is 10.6 Å². The van der Waals surface area contributed by atoms with Gasteiger partial charge < -0.3 is 24.8 Å². The number of amides is 2. The number of hydrogen-bond donors (Lipinski definition) is 2. The summed E-state index contributed by atoms with van der Waals surface area (Å²) in [6, 6.07) is 9.74. The SMILES string of the molecule is COc1cc(NC(=O)[C@@H](NC(=O)c2ccc(C)cc2)C(C)C)cc(OC)c1OC. The summed E-state index contributed by atoms with van der Waals surface area (Å²) >= 11 is 0. The predicted octanol–water partition coefficient (Wildman–Crippen LogP) is 3.41. The third-order valence-electron chi connectivity index (χ3n) is 4.48. The monoisotopic (exact) mass is 400 g/mol. The molecular formula is C22H28N2O5. The lowest BCUT2D eigenvalue weighted by atomic mass is 10.0. The summed E-state index contributed by atoms with van der Waals surface area (Å²) in [6.45, 7) is 5.69. The summed E-state index contributed by atoms with van der Waals surface area (Å²) in [5.41, 5.74) is 2.03. The molecule has 1 atom stereocenters. The normalized spacial score (nSPS) is 11.6. The standard InChI is InChI=1S/C22H28N2O5/c1-13(2)19(24-21(25)15-9-7-14(3)8-10-15)22(26)23-16-11-17(27-4)20(29-6)18(12-16)28-5/h7-13,19H,1-6H3,(H,23,26)(H,24,25)/t19-/m0/s1. The van der Waals surface area contributed by atoms with E-state index in [1.54, 1.807) is 24.3 Å². The van der Waals surface area contributed by atoms with Crippen molar-refractivity contribution >= 4 is 17.5 Å². The summed E-state index contributed by atoms with van der Waals surface area (Å²) in [7, 11) is 4.51. The molecular weight excluding hydrogens is 372 g/mol. The third-order valence-corrected chi connectivity index (χ3v) is 4.48. The smallest absolute Gasteiger partial charge is 0.251 e. The largest absolute Gasteiger partial charge is 0.493 e. The van der Waals surface area contributed by atoms with Gasteiger partial charge in [0.1, 0.15) is 6.04 Å². The molecule has 0 saturated carbocycles. The molecule has 0 aliphatic rings. The Bertz CT molecular complexity index is 837. The molecule has 2 amide bonds. The van der Waals surface area contributed by atoms with Gasteiger partial charge >= 0.3 is 0 Å². The van der Waals surface area contributed by atoms with Crippen LogP contribution in [0.2, 0.25) is 0 Å². The number of nitrogens with one attached hydrogen (secondary N) is 2. The number of hydrogen-bond acceptors (Lipinski definition) is 5. The second kappa shape index (κ2) is 9.82. The molecule has 0 aromatic heterocycles. The number of ether oxygens (including phenoxy) is 3. The number of carbonyl (C=O) groups is 2. The Balaban J connectivity index is 2.21. The third kappa shape index (κ3) is 5.40. The molecule has 29 heavy (non-hydrogen) atoms. The Morgan fingerprint density at radius 2 is 1.45 bits per heavy atom. The molecule has 2 aromatic carbocycles. The van der Waals surface area contributed by atoms with E-state index >= 15 is 0 Å². The van der Waals surface area contributed by atoms with Gasteiger partial charge in [0.25, 0.3) is 5.91 Å². The molecule has 0 fully saturated rings. The van der Waals surface area contributed by atoms with Gasteiger partial charge in [-0.3, -0.25) is 9.59 Å². The Morgan fingerprint density at radius 1 is 0.897 bits per heavy atom. The molecule has 0 saturated heterocycles. The first-order chi connectivity index (χ1) is 13.8. The van der Waals surface area contributed by atoms with Crippen LogP contribution in [0, 0.1) is 12.8 Å². The van der Waals surface area contributed by atoms with E-state index in [9.17, 15) is 9.59 Å². The molecule has 0 unspecified atom stereocenters. The Labute approximate surface area is 171 Å². The fourth-order valence-corrected chi connectivity index (χ4v) is 2.84. The van der Waals surface area contributed by atoms with E-state index in [0.29, 0.717) is 28.5 Å². The minimum atomic E-state index is -0.720. The lowest BCUT2D eigenvalue weighted by Gasteiger charge is -2.22. The van der Waals surface area contributed by atoms with Crippen LogP contribution in [0.4, 0.5) is 5.69 Å². The number of carbonyl (C=O) groups excluding carboxylic acids is 2. The zero-order chi connectivity index (χ0) is 21.6. The van der Waals surface area contributed by atoms with Crippen LogP contribution in [0.25, 0.3) is 0 Å². The van der Waals surface area contributed by atoms with Crippen molar-refractivity contribution in [2.24, 2.45) is 5.92 Å². The maximum Gasteiger partial charge on any atom is 0.251 e. The summed E-state index contributed by atoms with van der Waals surface area (Å²) in [6.07, 6.45) is 0. The lowest BCUT2D eigenvalue weighted by molar-refractivity contribution is -0.118. The fourth-order valence-electron chi connectivity index (χ4n) is 2.84. The first kappa shape index (κ1) is 22.1. The van der Waals surface area contributed by atoms with Crippen LogP contribution >= 0.6 is 0 Å². The summed E-state index contributed by atoms with van der Waals surface area (Å²) < 4.78 is 15.9. The van der Waals surface area contributed by atoms with E-state index in [4.69, 9.17) is 14.2 Å². The molecule has 0 bridgehead atoms. The van der Waals surface area contributed by atoms with Gasteiger partial charge in [0, 0.05) is 23.4 Å². The van der Waals surface area contributed by atoms with Gasteiger partial charge in [-0.15, -0.1) is 0 Å². The Hall–Kier alpha value is -3.22. The Kier molecular flexibility index (Phi) is 7.47. The predicted molar refractivity (Wildman–Crippen MR) is 112 cm³/mol. The highest BCUT2D eigenvalue weighted by Gasteiger charge is 2.25. The topological polar surface area (TPSA) is 85.9 Å². The second-order valence-electron chi connectivity index (χ2n) is 6.96. The van der Waals surface area contributed by atoms with Crippen molar-refractivity contribution in [2.75, 3.05) is 26.6 Å². The lowest BCUT2D eigenvalue weighted by Crippen LogP contribution is -2.47. The van der Waals surface area contributed by atoms with Crippen LogP contribution in [-0.4, -0.2) is 39.2 Å². The zero-order valence-corrected chi connectivity index (χ0v) is 17.7. The Morgan fingerprint density at radius 3 is 1.90 bits per heavy atom. The summed E-state index contributed by atoms with van der Waals surface area (Å²) in [5, 5.41) is 5.63. The van der Waals surface area contributed by atoms with Crippen LogP contribution in [0.1, 0.15) is 29.8 Å². The average molecular weight is 400 g/mol. The van der Waals surface area contributed by atoms with Crippen LogP contribution in [0.5, 0.6) is 17.2 Å². The summed E-state index contributed by atoms with van der Waals surface area (Å²) in [4.78, 5) is 25.5. The number of aryl methyl sites for hydroxylation is 1. The van der Waals surface area contributed by atoms with E-state index in [1.807, 2.05) is 32.9 Å². The average Bonchev–Trinajstić information content (AvgIpc) is 2.71. The number of rotatable bonds is 8. The number of methoxy groups -OCH3 is 3. The maximum atomic E-state index is 12.9. The molecule has 7 heteroatoms. The molecule has 2 N–H and O–H groups in total. The number of anilines is 1. The van der Waals surface area contributed by atoms with Gasteiger partial charge in [0.2, 0.25) is 11.7 Å². The van der Waals surface area contributed by atoms with Crippen LogP contribution in [0.15, 0.2) is 36.4 Å². The van der Waals surface area contributed by atoms with Crippen molar-refractivity contribution < 1.29 is 23.8 Å². The molecule has 7 nitrogen and oxygen atoms in total. The van der Waals surface area contributed by atoms with Crippen LogP contribution in [0.3, 0.4) is 0 Å². The van der Waals surface area contributed by atoms with E-state index in [0.717, 1.165) is 5.56 Å². The van der Waals surface area contributed by atoms with Gasteiger partial charge in [0.15, 0.2) is 11.5 Å². The molecule has 0 radical (unpaired) electrons. The quantitative estimate of drug-likeness (QED) is 0.709. The molecule has 0 heterocycles. The fraction of sp³-hybridized carbons (Fsp3) is 0.364. The molecule has 0 aliphatic heterocycles. The first-order valence-corrected chi connectivity index (χ1v) is 9.29. The van der Waals surface area contributed by atoms with E-state index in [-0.39, 0.29) is 17.7 Å². The van der Waals surface area contributed by atoms with Gasteiger partial charge in [-0.1, -0.05) is 31.5 Å². The van der Waals surface area contributed by atoms with Gasteiger partial charge in [-0.25, -0.2) is 0 Å². The van der Waals surface area contributed by atoms with Crippen LogP contribution < -0.4 is 24.8 Å². The van der Waals surface area contributed by atoms with E-state index < -0.39 is 6.04 Å². The van der Waals surface area contributed by atoms with Crippen molar-refractivity contribution in [3.63, 3.8) is 0 Å². The van der Waals surface area contributed by atoms with Gasteiger partial charge in [0.05, 0.1) is 21.3 Å². The zero-order valence-electron chi connectivity index (χ0n) is 17.7. The second-order valence-corrected chi connectivity index (χ2v) is 6.96. The highest BCUT2D eigenvalue weighted by atomic mass is 16.5. The van der Waals surface area contributed by atoms with Crippen molar-refractivity contribution in [1.82, 2.24) is 5.32 Å². The minimum absolute atomic E-state index is 0.119. The van der Waals surface area contributed by atoms with Gasteiger partial charge in [-0.2, -0.15) is 0 Å². The molecule has 2 aromatic rings. The highest BCUT2D eigenvalue weighted by Crippen LogP contribution is 2.40. The molecule has 0 spiro atoms. The van der Waals surface area contributed by atoms with E-state index in [1.165, 1.54) is 21.3 Å². The molecule has 0 aliphatic carbocycles. The highest BCUT2D eigenvalue weighted by molar-refractivity contribution is 6.01. The van der Waals surface area contributed by atoms with Crippen molar-refractivity contribution in [3.8, 4) is 17.2 Å². The first-order valence-electron chi connectivity index (χ1n) is 9.29.